The smallest absolute Gasteiger partial charge is 0.0314 e. The summed E-state index contributed by atoms with van der Waals surface area (Å²) in [7, 11) is 0. The van der Waals surface area contributed by atoms with Gasteiger partial charge < -0.3 is 10.6 Å². The van der Waals surface area contributed by atoms with Crippen LogP contribution in [0.3, 0.4) is 0 Å². The number of hydrogen-bond acceptors (Lipinski definition) is 2. The van der Waals surface area contributed by atoms with E-state index in [1.807, 2.05) is 12.1 Å². The van der Waals surface area contributed by atoms with Crippen molar-refractivity contribution in [1.82, 2.24) is 4.90 Å². The van der Waals surface area contributed by atoms with Gasteiger partial charge in [0.2, 0.25) is 0 Å². The van der Waals surface area contributed by atoms with E-state index in [2.05, 4.69) is 17.0 Å². The maximum absolute atomic E-state index is 5.72. The van der Waals surface area contributed by atoms with Crippen LogP contribution in [0.5, 0.6) is 0 Å². The zero-order chi connectivity index (χ0) is 13.1. The number of rotatable bonds is 3. The van der Waals surface area contributed by atoms with Crippen molar-refractivity contribution >= 4 is 5.69 Å². The third-order valence-corrected chi connectivity index (χ3v) is 5.28. The van der Waals surface area contributed by atoms with E-state index in [1.54, 1.807) is 0 Å². The minimum atomic E-state index is 0.748. The fraction of sp³-hybridized carbons (Fsp3) is 0.647. The van der Waals surface area contributed by atoms with Gasteiger partial charge in [-0.3, -0.25) is 0 Å². The number of hydrogen-bond donors (Lipinski definition) is 1. The minimum Gasteiger partial charge on any atom is -0.399 e. The molecule has 2 fully saturated rings. The highest BCUT2D eigenvalue weighted by molar-refractivity contribution is 5.39. The molecule has 0 radical (unpaired) electrons. The molecule has 1 saturated heterocycles. The van der Waals surface area contributed by atoms with Crippen LogP contribution < -0.4 is 5.73 Å². The number of benzene rings is 1. The second-order valence-corrected chi connectivity index (χ2v) is 6.54. The molecule has 19 heavy (non-hydrogen) atoms. The van der Waals surface area contributed by atoms with Crippen LogP contribution in [-0.2, 0) is 6.42 Å². The van der Waals surface area contributed by atoms with E-state index < -0.39 is 0 Å². The molecule has 0 atom stereocenters. The SMILES string of the molecule is Nc1ccc(CCN2CCC3(CCCC3)CC2)cc1. The fourth-order valence-corrected chi connectivity index (χ4v) is 3.85. The van der Waals surface area contributed by atoms with Gasteiger partial charge in [0, 0.05) is 12.2 Å². The monoisotopic (exact) mass is 258 g/mol. The van der Waals surface area contributed by atoms with Gasteiger partial charge in [-0.05, 0) is 68.3 Å². The Labute approximate surface area is 117 Å². The first kappa shape index (κ1) is 13.0. The highest BCUT2D eigenvalue weighted by Gasteiger charge is 2.36. The van der Waals surface area contributed by atoms with Gasteiger partial charge in [-0.25, -0.2) is 0 Å². The largest absolute Gasteiger partial charge is 0.399 e. The van der Waals surface area contributed by atoms with Crippen LogP contribution in [0.1, 0.15) is 44.1 Å². The summed E-state index contributed by atoms with van der Waals surface area (Å²) < 4.78 is 0. The van der Waals surface area contributed by atoms with Crippen molar-refractivity contribution in [2.45, 2.75) is 44.9 Å². The number of likely N-dealkylation sites (tertiary alicyclic amines) is 1. The molecule has 0 unspecified atom stereocenters. The van der Waals surface area contributed by atoms with E-state index >= 15 is 0 Å². The summed E-state index contributed by atoms with van der Waals surface area (Å²) in [6, 6.07) is 8.35. The molecule has 1 saturated carbocycles. The summed E-state index contributed by atoms with van der Waals surface area (Å²) >= 11 is 0. The topological polar surface area (TPSA) is 29.3 Å². The third kappa shape index (κ3) is 3.11. The summed E-state index contributed by atoms with van der Waals surface area (Å²) in [5.41, 5.74) is 8.75. The highest BCUT2D eigenvalue weighted by atomic mass is 15.1. The second kappa shape index (κ2) is 5.54. The van der Waals surface area contributed by atoms with Crippen molar-refractivity contribution in [2.75, 3.05) is 25.4 Å². The lowest BCUT2D eigenvalue weighted by Gasteiger charge is -2.39. The van der Waals surface area contributed by atoms with Crippen LogP contribution in [0.15, 0.2) is 24.3 Å². The van der Waals surface area contributed by atoms with Gasteiger partial charge in [0.05, 0.1) is 0 Å². The van der Waals surface area contributed by atoms with Gasteiger partial charge in [0.25, 0.3) is 0 Å². The van der Waals surface area contributed by atoms with Gasteiger partial charge in [0.1, 0.15) is 0 Å². The molecular formula is C17H26N2. The summed E-state index contributed by atoms with van der Waals surface area (Å²) in [6.45, 7) is 3.84. The second-order valence-electron chi connectivity index (χ2n) is 6.54. The molecule has 1 aliphatic carbocycles. The average Bonchev–Trinajstić information content (AvgIpc) is 2.89. The van der Waals surface area contributed by atoms with Crippen LogP contribution in [0.4, 0.5) is 5.69 Å². The van der Waals surface area contributed by atoms with Gasteiger partial charge in [-0.2, -0.15) is 0 Å². The predicted molar refractivity (Wildman–Crippen MR) is 81.1 cm³/mol. The van der Waals surface area contributed by atoms with Crippen LogP contribution in [0.2, 0.25) is 0 Å². The molecule has 0 bridgehead atoms. The first-order valence-corrected chi connectivity index (χ1v) is 7.83. The third-order valence-electron chi connectivity index (χ3n) is 5.28. The van der Waals surface area contributed by atoms with Crippen molar-refractivity contribution in [3.05, 3.63) is 29.8 Å². The lowest BCUT2D eigenvalue weighted by atomic mass is 9.77. The average molecular weight is 258 g/mol. The van der Waals surface area contributed by atoms with Gasteiger partial charge in [-0.15, -0.1) is 0 Å². The summed E-state index contributed by atoms with van der Waals surface area (Å²) in [6.07, 6.45) is 9.99. The molecule has 1 aromatic rings. The Kier molecular flexibility index (Phi) is 3.79. The molecule has 0 amide bonds. The van der Waals surface area contributed by atoms with E-state index in [-0.39, 0.29) is 0 Å². The normalized spacial score (nSPS) is 22.9. The molecule has 2 aliphatic rings. The number of anilines is 1. The zero-order valence-electron chi connectivity index (χ0n) is 11.9. The van der Waals surface area contributed by atoms with Gasteiger partial charge >= 0.3 is 0 Å². The van der Waals surface area contributed by atoms with E-state index in [0.717, 1.165) is 17.5 Å². The fourth-order valence-electron chi connectivity index (χ4n) is 3.85. The quantitative estimate of drug-likeness (QED) is 0.841. The molecule has 1 aromatic carbocycles. The van der Waals surface area contributed by atoms with Crippen molar-refractivity contribution < 1.29 is 0 Å². The summed E-state index contributed by atoms with van der Waals surface area (Å²) in [5.74, 6) is 0. The Bertz CT molecular complexity index is 394. The Balaban J connectivity index is 1.46. The number of nitrogens with zero attached hydrogens (tertiary/aromatic N) is 1. The molecule has 104 valence electrons. The van der Waals surface area contributed by atoms with Crippen molar-refractivity contribution in [2.24, 2.45) is 5.41 Å². The van der Waals surface area contributed by atoms with Crippen LogP contribution >= 0.6 is 0 Å². The molecule has 2 N–H and O–H groups in total. The Morgan fingerprint density at radius 3 is 2.21 bits per heavy atom. The molecule has 2 nitrogen and oxygen atoms in total. The lowest BCUT2D eigenvalue weighted by molar-refractivity contribution is 0.109. The molecule has 3 rings (SSSR count). The summed E-state index contributed by atoms with van der Waals surface area (Å²) in [5, 5.41) is 0. The van der Waals surface area contributed by atoms with Crippen molar-refractivity contribution in [1.29, 1.82) is 0 Å². The molecule has 1 heterocycles. The maximum atomic E-state index is 5.72. The summed E-state index contributed by atoms with van der Waals surface area (Å²) in [4.78, 5) is 2.65. The van der Waals surface area contributed by atoms with Gasteiger partial charge in [0.15, 0.2) is 0 Å². The minimum absolute atomic E-state index is 0.748. The molecular weight excluding hydrogens is 232 g/mol. The number of nitrogens with two attached hydrogens (primary N) is 1. The van der Waals surface area contributed by atoms with E-state index in [0.29, 0.717) is 0 Å². The van der Waals surface area contributed by atoms with Crippen molar-refractivity contribution in [3.8, 4) is 0 Å². The Morgan fingerprint density at radius 2 is 1.58 bits per heavy atom. The van der Waals surface area contributed by atoms with Crippen LogP contribution in [-0.4, -0.2) is 24.5 Å². The maximum Gasteiger partial charge on any atom is 0.0314 e. The van der Waals surface area contributed by atoms with Crippen molar-refractivity contribution in [3.63, 3.8) is 0 Å². The van der Waals surface area contributed by atoms with Crippen LogP contribution in [0, 0.1) is 5.41 Å². The Morgan fingerprint density at radius 1 is 0.947 bits per heavy atom. The number of nitrogen functional groups attached to an aromatic ring is 1. The van der Waals surface area contributed by atoms with Crippen LogP contribution in [0.25, 0.3) is 0 Å². The number of piperidine rings is 1. The first-order valence-electron chi connectivity index (χ1n) is 7.83. The standard InChI is InChI=1S/C17H26N2/c18-16-5-3-15(4-6-16)7-12-19-13-10-17(11-14-19)8-1-2-9-17/h3-6H,1-2,7-14,18H2. The zero-order valence-corrected chi connectivity index (χ0v) is 11.9. The van der Waals surface area contributed by atoms with E-state index in [9.17, 15) is 0 Å². The molecule has 0 aromatic heterocycles. The molecule has 1 spiro atoms. The van der Waals surface area contributed by atoms with Gasteiger partial charge in [-0.1, -0.05) is 25.0 Å². The van der Waals surface area contributed by atoms with E-state index in [4.69, 9.17) is 5.73 Å². The first-order chi connectivity index (χ1) is 9.26. The predicted octanol–water partition coefficient (Wildman–Crippen LogP) is 3.47. The van der Waals surface area contributed by atoms with E-state index in [1.165, 1.54) is 63.7 Å². The highest BCUT2D eigenvalue weighted by Crippen LogP contribution is 2.46. The Hall–Kier alpha value is -1.02. The lowest BCUT2D eigenvalue weighted by Crippen LogP contribution is -2.39. The molecule has 2 heteroatoms. The molecule has 1 aliphatic heterocycles.